The smallest absolute Gasteiger partial charge is 0.0766 e. The lowest BCUT2D eigenvalue weighted by molar-refractivity contribution is 1.87. The van der Waals surface area contributed by atoms with Crippen molar-refractivity contribution in [3.8, 4) is 0 Å². The summed E-state index contributed by atoms with van der Waals surface area (Å²) in [4.78, 5) is 0. The second-order valence-electron chi connectivity index (χ2n) is 2.23. The second-order valence-corrected chi connectivity index (χ2v) is 30.8. The number of rotatable bonds is 4. The molecule has 0 aromatic rings. The Bertz CT molecular complexity index is 108. The molecule has 0 radical (unpaired) electrons. The molecule has 12 heteroatoms. The minimum atomic E-state index is -0.0718. The Morgan fingerprint density at radius 3 is 0.615 bits per heavy atom. The van der Waals surface area contributed by atoms with Crippen LogP contribution in [0.2, 0.25) is 0 Å². The van der Waals surface area contributed by atoms with Gasteiger partial charge in [0.25, 0.3) is 0 Å². The molecule has 0 heterocycles. The van der Waals surface area contributed by atoms with Crippen molar-refractivity contribution in [2.24, 2.45) is 0 Å². The van der Waals surface area contributed by atoms with Gasteiger partial charge in [-0.3, -0.25) is 0 Å². The molecule has 0 fully saturated rings. The van der Waals surface area contributed by atoms with Gasteiger partial charge in [0.1, 0.15) is 0 Å². The average Bonchev–Trinajstić information content (AvgIpc) is 1.82. The lowest BCUT2D eigenvalue weighted by Gasteiger charge is -2.47. The van der Waals surface area contributed by atoms with E-state index in [0.29, 0.717) is 4.38 Å². The fourth-order valence-electron chi connectivity index (χ4n) is 0.800. The fourth-order valence-corrected chi connectivity index (χ4v) is 64.8. The summed E-state index contributed by atoms with van der Waals surface area (Å²) in [6, 6.07) is 0. The third-order valence-electron chi connectivity index (χ3n) is 1.39. The molecule has 0 N–H and O–H groups in total. The van der Waals surface area contributed by atoms with Gasteiger partial charge in [0.2, 0.25) is 0 Å². The summed E-state index contributed by atoms with van der Waals surface area (Å²) < 4.78 is 0.463. The maximum Gasteiger partial charge on any atom is 0.0766 e. The van der Waals surface area contributed by atoms with Crippen LogP contribution < -0.4 is 0 Å². The summed E-state index contributed by atoms with van der Waals surface area (Å²) in [5.74, 6) is 0. The molecular formula is CH16P12. The van der Waals surface area contributed by atoms with E-state index in [1.54, 1.807) is 0 Å². The molecule has 8 atom stereocenters. The predicted molar refractivity (Wildman–Crippen MR) is 108 cm³/mol. The number of hydrogen-bond acceptors (Lipinski definition) is 0. The van der Waals surface area contributed by atoms with Gasteiger partial charge in [0, 0.05) is 0 Å². The van der Waals surface area contributed by atoms with Crippen molar-refractivity contribution in [3.63, 3.8) is 0 Å². The maximum atomic E-state index is 3.00. The molecule has 0 aliphatic carbocycles. The fraction of sp³-hybridized carbons (Fsp3) is 1.00. The van der Waals surface area contributed by atoms with Gasteiger partial charge >= 0.3 is 0 Å². The summed E-state index contributed by atoms with van der Waals surface area (Å²) in [6.07, 6.45) is 0. The monoisotopic (exact) mass is 400 g/mol. The van der Waals surface area contributed by atoms with E-state index in [-0.39, 0.29) is 29.2 Å². The van der Waals surface area contributed by atoms with Gasteiger partial charge in [-0.15, -0.1) is 71.4 Å². The van der Waals surface area contributed by atoms with Crippen LogP contribution in [0.1, 0.15) is 0 Å². The quantitative estimate of drug-likeness (QED) is 0.520. The molecule has 0 bridgehead atoms. The molecule has 0 aromatic heterocycles. The van der Waals surface area contributed by atoms with E-state index in [1.165, 1.54) is 0 Å². The first kappa shape index (κ1) is 18.2. The van der Waals surface area contributed by atoms with Crippen LogP contribution in [0.5, 0.6) is 0 Å². The minimum absolute atomic E-state index is 0.0718. The Balaban J connectivity index is 5.06. The Hall–Kier alpha value is 5.16. The topological polar surface area (TPSA) is 0 Å². The van der Waals surface area contributed by atoms with Crippen molar-refractivity contribution in [2.75, 3.05) is 0 Å². The lowest BCUT2D eigenvalue weighted by Crippen LogP contribution is -2.03. The van der Waals surface area contributed by atoms with Gasteiger partial charge in [-0.05, 0) is 29.2 Å². The van der Waals surface area contributed by atoms with Crippen LogP contribution in [0, 0.1) is 0 Å². The van der Waals surface area contributed by atoms with E-state index in [2.05, 4.69) is 71.4 Å². The molecule has 0 aliphatic rings. The third-order valence-corrected chi connectivity index (χ3v) is 37.4. The van der Waals surface area contributed by atoms with Crippen molar-refractivity contribution in [2.45, 2.75) is 4.38 Å². The van der Waals surface area contributed by atoms with Crippen LogP contribution >= 0.6 is 101 Å². The Labute approximate surface area is 105 Å². The first-order valence-electron chi connectivity index (χ1n) is 2.96. The van der Waals surface area contributed by atoms with Crippen molar-refractivity contribution in [3.05, 3.63) is 0 Å². The van der Waals surface area contributed by atoms with Gasteiger partial charge in [0.05, 0.1) is 4.38 Å². The molecule has 0 aliphatic heterocycles. The Morgan fingerprint density at radius 2 is 0.615 bits per heavy atom. The van der Waals surface area contributed by atoms with Crippen molar-refractivity contribution >= 4 is 101 Å². The van der Waals surface area contributed by atoms with E-state index < -0.39 is 0 Å². The highest BCUT2D eigenvalue weighted by Crippen LogP contribution is 3.03. The first-order chi connectivity index (χ1) is 5.77. The zero-order valence-electron chi connectivity index (χ0n) is 6.91. The molecule has 0 saturated carbocycles. The molecule has 0 saturated heterocycles. The number of hydrogen-bond donors (Lipinski definition) is 0. The van der Waals surface area contributed by atoms with Crippen LogP contribution in [0.3, 0.4) is 0 Å². The molecular weight excluding hydrogens is 384 g/mol. The Kier molecular flexibility index (Phi) is 11.7. The zero-order valence-corrected chi connectivity index (χ0v) is 19.7. The summed E-state index contributed by atoms with van der Waals surface area (Å²) in [6.45, 7) is 0. The molecule has 0 aromatic carbocycles. The van der Waals surface area contributed by atoms with E-state index in [1.807, 2.05) is 0 Å². The molecule has 0 amide bonds. The minimum Gasteiger partial charge on any atom is -0.106 e. The van der Waals surface area contributed by atoms with Crippen LogP contribution in [0.15, 0.2) is 0 Å². The molecule has 0 nitrogen and oxygen atoms in total. The lowest BCUT2D eigenvalue weighted by atomic mass is 11.8. The van der Waals surface area contributed by atoms with Crippen LogP contribution in [0.25, 0.3) is 0 Å². The van der Waals surface area contributed by atoms with Crippen molar-refractivity contribution in [1.82, 2.24) is 0 Å². The second kappa shape index (κ2) is 8.35. The van der Waals surface area contributed by atoms with Crippen molar-refractivity contribution in [1.29, 1.82) is 0 Å². The molecule has 0 rings (SSSR count). The van der Waals surface area contributed by atoms with Crippen LogP contribution in [-0.2, 0) is 0 Å². The first-order valence-corrected chi connectivity index (χ1v) is 21.3. The van der Waals surface area contributed by atoms with E-state index >= 15 is 0 Å². The summed E-state index contributed by atoms with van der Waals surface area (Å²) in [5, 5.41) is 0. The van der Waals surface area contributed by atoms with Gasteiger partial charge in [-0.25, -0.2) is 0 Å². The standard InChI is InChI=1S/CH16P12/c2-10(3)1(11(4)5,12(6)7)13(8)9/h2-9H2. The van der Waals surface area contributed by atoms with Gasteiger partial charge in [-0.1, -0.05) is 0 Å². The third kappa shape index (κ3) is 4.64. The van der Waals surface area contributed by atoms with Crippen molar-refractivity contribution < 1.29 is 0 Å². The van der Waals surface area contributed by atoms with Crippen LogP contribution in [0.4, 0.5) is 0 Å². The molecule has 0 spiro atoms. The van der Waals surface area contributed by atoms with E-state index in [4.69, 9.17) is 0 Å². The van der Waals surface area contributed by atoms with Gasteiger partial charge < -0.3 is 0 Å². The Morgan fingerprint density at radius 1 is 0.462 bits per heavy atom. The summed E-state index contributed by atoms with van der Waals surface area (Å²) in [7, 11) is 23.8. The average molecular weight is 400 g/mol. The molecule has 80 valence electrons. The van der Waals surface area contributed by atoms with Crippen LogP contribution in [-0.4, -0.2) is 4.38 Å². The van der Waals surface area contributed by atoms with E-state index in [9.17, 15) is 0 Å². The maximum absolute atomic E-state index is 3.00. The normalized spacial score (nSPS) is 13.8. The summed E-state index contributed by atoms with van der Waals surface area (Å²) in [5.41, 5.74) is 0. The highest BCUT2D eigenvalue weighted by molar-refractivity contribution is 8.72. The highest BCUT2D eigenvalue weighted by atomic mass is 32.5. The van der Waals surface area contributed by atoms with Gasteiger partial charge in [0.15, 0.2) is 0 Å². The predicted octanol–water partition coefficient (Wildman–Crippen LogP) is 5.85. The van der Waals surface area contributed by atoms with Gasteiger partial charge in [-0.2, -0.15) is 0 Å². The largest absolute Gasteiger partial charge is 0.106 e. The molecule has 8 unspecified atom stereocenters. The highest BCUT2D eigenvalue weighted by Gasteiger charge is 2.44. The zero-order chi connectivity index (χ0) is 10.8. The SMILES string of the molecule is PP(P)C(P(P)P)(P(P)P)P(P)P. The molecule has 13 heavy (non-hydrogen) atoms. The summed E-state index contributed by atoms with van der Waals surface area (Å²) >= 11 is 0. The van der Waals surface area contributed by atoms with E-state index in [0.717, 1.165) is 0 Å².